The minimum Gasteiger partial charge on any atom is -0.480 e. The zero-order chi connectivity index (χ0) is 14.4. The first kappa shape index (κ1) is 15.5. The van der Waals surface area contributed by atoms with Gasteiger partial charge in [0.15, 0.2) is 0 Å². The maximum Gasteiger partial charge on any atom is 0.326 e. The molecule has 0 spiro atoms. The third kappa shape index (κ3) is 5.32. The number of hydrogen-bond donors (Lipinski definition) is 3. The molecule has 3 atom stereocenters. The van der Waals surface area contributed by atoms with Crippen LogP contribution in [0.15, 0.2) is 12.7 Å². The van der Waals surface area contributed by atoms with Gasteiger partial charge in [0.25, 0.3) is 0 Å². The first-order valence-electron chi connectivity index (χ1n) is 6.83. The molecule has 0 saturated heterocycles. The number of urea groups is 1. The summed E-state index contributed by atoms with van der Waals surface area (Å²) in [6.07, 6.45) is 4.81. The largest absolute Gasteiger partial charge is 0.480 e. The SMILES string of the molecule is C=CCC(NC(=O)NC1CC(C)CC(C)C1)C(=O)O. The maximum absolute atomic E-state index is 11.8. The Morgan fingerprint density at radius 3 is 2.37 bits per heavy atom. The summed E-state index contributed by atoms with van der Waals surface area (Å²) >= 11 is 0. The Hall–Kier alpha value is -1.52. The predicted octanol–water partition coefficient (Wildman–Crippen LogP) is 2.14. The fourth-order valence-electron chi connectivity index (χ4n) is 2.84. The minimum absolute atomic E-state index is 0.136. The number of carbonyl (C=O) groups is 2. The highest BCUT2D eigenvalue weighted by Gasteiger charge is 2.26. The van der Waals surface area contributed by atoms with Crippen LogP contribution >= 0.6 is 0 Å². The van der Waals surface area contributed by atoms with Crippen molar-refractivity contribution in [1.82, 2.24) is 10.6 Å². The van der Waals surface area contributed by atoms with Crippen molar-refractivity contribution in [3.63, 3.8) is 0 Å². The van der Waals surface area contributed by atoms with Crippen LogP contribution in [-0.4, -0.2) is 29.2 Å². The van der Waals surface area contributed by atoms with Gasteiger partial charge in [-0.1, -0.05) is 19.9 Å². The van der Waals surface area contributed by atoms with Gasteiger partial charge in [-0.3, -0.25) is 0 Å². The summed E-state index contributed by atoms with van der Waals surface area (Å²) < 4.78 is 0. The van der Waals surface area contributed by atoms with Crippen molar-refractivity contribution in [2.24, 2.45) is 11.8 Å². The van der Waals surface area contributed by atoms with E-state index in [1.165, 1.54) is 12.5 Å². The number of amides is 2. The van der Waals surface area contributed by atoms with E-state index in [9.17, 15) is 9.59 Å². The molecule has 3 unspecified atom stereocenters. The average Bonchev–Trinajstić information content (AvgIpc) is 2.26. The number of aliphatic carboxylic acids is 1. The second kappa shape index (κ2) is 7.16. The second-order valence-electron chi connectivity index (χ2n) is 5.65. The topological polar surface area (TPSA) is 78.4 Å². The Labute approximate surface area is 114 Å². The molecule has 0 heterocycles. The highest BCUT2D eigenvalue weighted by Crippen LogP contribution is 2.28. The quantitative estimate of drug-likeness (QED) is 0.668. The van der Waals surface area contributed by atoms with Gasteiger partial charge in [0.1, 0.15) is 6.04 Å². The van der Waals surface area contributed by atoms with Crippen LogP contribution in [0.5, 0.6) is 0 Å². The molecule has 0 aromatic heterocycles. The molecule has 0 bridgehead atoms. The number of nitrogens with one attached hydrogen (secondary N) is 2. The maximum atomic E-state index is 11.8. The van der Waals surface area contributed by atoms with Crippen LogP contribution in [0, 0.1) is 11.8 Å². The normalized spacial score (nSPS) is 28.2. The molecule has 1 rings (SSSR count). The molecule has 5 heteroatoms. The van der Waals surface area contributed by atoms with E-state index >= 15 is 0 Å². The molecule has 1 aliphatic carbocycles. The lowest BCUT2D eigenvalue weighted by molar-refractivity contribution is -0.139. The van der Waals surface area contributed by atoms with E-state index in [2.05, 4.69) is 31.1 Å². The molecule has 1 fully saturated rings. The monoisotopic (exact) mass is 268 g/mol. The van der Waals surface area contributed by atoms with E-state index in [1.807, 2.05) is 0 Å². The Morgan fingerprint density at radius 2 is 1.89 bits per heavy atom. The zero-order valence-corrected chi connectivity index (χ0v) is 11.7. The van der Waals surface area contributed by atoms with Gasteiger partial charge in [0, 0.05) is 6.04 Å². The Kier molecular flexibility index (Phi) is 5.86. The molecule has 2 amide bonds. The Morgan fingerprint density at radius 1 is 1.32 bits per heavy atom. The van der Waals surface area contributed by atoms with Crippen molar-refractivity contribution < 1.29 is 14.7 Å². The van der Waals surface area contributed by atoms with E-state index in [-0.39, 0.29) is 12.5 Å². The van der Waals surface area contributed by atoms with E-state index in [4.69, 9.17) is 5.11 Å². The van der Waals surface area contributed by atoms with Gasteiger partial charge in [-0.05, 0) is 37.5 Å². The number of carbonyl (C=O) groups excluding carboxylic acids is 1. The molecule has 1 saturated carbocycles. The van der Waals surface area contributed by atoms with Crippen LogP contribution in [0.2, 0.25) is 0 Å². The smallest absolute Gasteiger partial charge is 0.326 e. The molecule has 0 radical (unpaired) electrons. The van der Waals surface area contributed by atoms with E-state index in [0.29, 0.717) is 11.8 Å². The Balaban J connectivity index is 2.45. The summed E-state index contributed by atoms with van der Waals surface area (Å²) in [4.78, 5) is 22.7. The van der Waals surface area contributed by atoms with Crippen LogP contribution in [0.4, 0.5) is 4.79 Å². The van der Waals surface area contributed by atoms with E-state index in [1.54, 1.807) is 0 Å². The molecule has 0 aromatic rings. The molecule has 5 nitrogen and oxygen atoms in total. The summed E-state index contributed by atoms with van der Waals surface area (Å²) in [6, 6.07) is -1.17. The number of carboxylic acids is 1. The van der Waals surface area contributed by atoms with Crippen molar-refractivity contribution in [3.05, 3.63) is 12.7 Å². The summed E-state index contributed by atoms with van der Waals surface area (Å²) in [5, 5.41) is 14.3. The third-order valence-corrected chi connectivity index (χ3v) is 3.52. The lowest BCUT2D eigenvalue weighted by Gasteiger charge is -2.32. The number of carboxylic acid groups (broad SMARTS) is 1. The summed E-state index contributed by atoms with van der Waals surface area (Å²) in [6.45, 7) is 7.85. The van der Waals surface area contributed by atoms with Crippen LogP contribution < -0.4 is 10.6 Å². The van der Waals surface area contributed by atoms with E-state index in [0.717, 1.165) is 12.8 Å². The summed E-state index contributed by atoms with van der Waals surface area (Å²) in [5.41, 5.74) is 0. The van der Waals surface area contributed by atoms with Gasteiger partial charge in [-0.2, -0.15) is 0 Å². The molecule has 0 aromatic carbocycles. The first-order valence-corrected chi connectivity index (χ1v) is 6.83. The highest BCUT2D eigenvalue weighted by atomic mass is 16.4. The van der Waals surface area contributed by atoms with Gasteiger partial charge in [-0.25, -0.2) is 9.59 Å². The molecule has 108 valence electrons. The molecule has 0 aliphatic heterocycles. The lowest BCUT2D eigenvalue weighted by Crippen LogP contribution is -2.50. The van der Waals surface area contributed by atoms with Gasteiger partial charge in [-0.15, -0.1) is 6.58 Å². The van der Waals surface area contributed by atoms with Crippen LogP contribution in [0.1, 0.15) is 39.5 Å². The zero-order valence-electron chi connectivity index (χ0n) is 11.7. The van der Waals surface area contributed by atoms with Gasteiger partial charge < -0.3 is 15.7 Å². The average molecular weight is 268 g/mol. The second-order valence-corrected chi connectivity index (χ2v) is 5.65. The van der Waals surface area contributed by atoms with Crippen molar-refractivity contribution in [1.29, 1.82) is 0 Å². The van der Waals surface area contributed by atoms with Crippen molar-refractivity contribution >= 4 is 12.0 Å². The van der Waals surface area contributed by atoms with Crippen molar-refractivity contribution in [2.45, 2.75) is 51.6 Å². The standard InChI is InChI=1S/C14H24N2O3/c1-4-5-12(13(17)18)16-14(19)15-11-7-9(2)6-10(3)8-11/h4,9-12H,1,5-8H2,2-3H3,(H,17,18)(H2,15,16,19). The van der Waals surface area contributed by atoms with Crippen molar-refractivity contribution in [3.8, 4) is 0 Å². The fraction of sp³-hybridized carbons (Fsp3) is 0.714. The minimum atomic E-state index is -1.04. The molecule has 19 heavy (non-hydrogen) atoms. The predicted molar refractivity (Wildman–Crippen MR) is 73.9 cm³/mol. The molecule has 1 aliphatic rings. The Bertz CT molecular complexity index is 334. The molecular formula is C14H24N2O3. The van der Waals surface area contributed by atoms with Crippen molar-refractivity contribution in [2.75, 3.05) is 0 Å². The summed E-state index contributed by atoms with van der Waals surface area (Å²) in [7, 11) is 0. The summed E-state index contributed by atoms with van der Waals surface area (Å²) in [5.74, 6) is 0.149. The van der Waals surface area contributed by atoms with Gasteiger partial charge in [0.05, 0.1) is 0 Å². The van der Waals surface area contributed by atoms with Crippen LogP contribution in [-0.2, 0) is 4.79 Å². The number of rotatable bonds is 5. The lowest BCUT2D eigenvalue weighted by atomic mass is 9.80. The fourth-order valence-corrected chi connectivity index (χ4v) is 2.84. The van der Waals surface area contributed by atoms with Crippen LogP contribution in [0.25, 0.3) is 0 Å². The van der Waals surface area contributed by atoms with Gasteiger partial charge >= 0.3 is 12.0 Å². The first-order chi connectivity index (χ1) is 8.92. The van der Waals surface area contributed by atoms with Gasteiger partial charge in [0.2, 0.25) is 0 Å². The highest BCUT2D eigenvalue weighted by molar-refractivity contribution is 5.82. The molecule has 3 N–H and O–H groups in total. The van der Waals surface area contributed by atoms with Crippen LogP contribution in [0.3, 0.4) is 0 Å². The number of hydrogen-bond acceptors (Lipinski definition) is 2. The van der Waals surface area contributed by atoms with E-state index < -0.39 is 18.0 Å². The molecular weight excluding hydrogens is 244 g/mol. The third-order valence-electron chi connectivity index (χ3n) is 3.52.